The predicted octanol–water partition coefficient (Wildman–Crippen LogP) is 1.81. The first-order valence-corrected chi connectivity index (χ1v) is 5.24. The van der Waals surface area contributed by atoms with E-state index >= 15 is 0 Å². The van der Waals surface area contributed by atoms with Crippen LogP contribution < -0.4 is 0 Å². The number of rotatable bonds is 3. The highest BCUT2D eigenvalue weighted by Gasteiger charge is 2.31. The molecule has 2 heteroatoms. The number of likely N-dealkylation sites (tertiary alicyclic amines) is 1. The number of hydrogen-bond acceptors (Lipinski definition) is 2. The van der Waals surface area contributed by atoms with Gasteiger partial charge in [0.05, 0.1) is 6.61 Å². The fourth-order valence-electron chi connectivity index (χ4n) is 2.09. The molecule has 0 spiro atoms. The molecule has 0 bridgehead atoms. The van der Waals surface area contributed by atoms with Gasteiger partial charge in [0.15, 0.2) is 0 Å². The zero-order valence-corrected chi connectivity index (χ0v) is 8.56. The van der Waals surface area contributed by atoms with Gasteiger partial charge in [-0.25, -0.2) is 0 Å². The summed E-state index contributed by atoms with van der Waals surface area (Å²) in [6, 6.07) is 11.3. The van der Waals surface area contributed by atoms with E-state index in [1.54, 1.807) is 0 Å². The molecule has 0 aliphatic carbocycles. The monoisotopic (exact) mass is 191 g/mol. The van der Waals surface area contributed by atoms with E-state index in [4.69, 9.17) is 5.11 Å². The van der Waals surface area contributed by atoms with Gasteiger partial charge in [-0.1, -0.05) is 30.3 Å². The van der Waals surface area contributed by atoms with Crippen LogP contribution in [0.4, 0.5) is 0 Å². The van der Waals surface area contributed by atoms with Crippen LogP contribution in [0.25, 0.3) is 0 Å². The minimum Gasteiger partial charge on any atom is -0.395 e. The molecule has 0 aromatic heterocycles. The van der Waals surface area contributed by atoms with Crippen LogP contribution in [0.15, 0.2) is 30.3 Å². The lowest BCUT2D eigenvalue weighted by Crippen LogP contribution is -2.50. The van der Waals surface area contributed by atoms with Gasteiger partial charge in [0.1, 0.15) is 0 Å². The van der Waals surface area contributed by atoms with Gasteiger partial charge in [0.2, 0.25) is 0 Å². The molecule has 2 nitrogen and oxygen atoms in total. The average Bonchev–Trinajstić information content (AvgIpc) is 2.18. The maximum Gasteiger partial charge on any atom is 0.0587 e. The number of aliphatic hydroxyl groups is 1. The third kappa shape index (κ3) is 1.68. The van der Waals surface area contributed by atoms with Crippen molar-refractivity contribution in [2.24, 2.45) is 0 Å². The summed E-state index contributed by atoms with van der Waals surface area (Å²) < 4.78 is 0. The molecular weight excluding hydrogens is 174 g/mol. The van der Waals surface area contributed by atoms with Gasteiger partial charge >= 0.3 is 0 Å². The molecule has 1 aliphatic heterocycles. The number of benzene rings is 1. The van der Waals surface area contributed by atoms with Crippen LogP contribution in [0, 0.1) is 0 Å². The molecule has 14 heavy (non-hydrogen) atoms. The Bertz CT molecular complexity index is 284. The maximum absolute atomic E-state index is 9.11. The van der Waals surface area contributed by atoms with E-state index in [0.717, 1.165) is 13.0 Å². The fourth-order valence-corrected chi connectivity index (χ4v) is 2.09. The summed E-state index contributed by atoms with van der Waals surface area (Å²) in [6.45, 7) is 3.61. The van der Waals surface area contributed by atoms with Crippen molar-refractivity contribution in [2.75, 3.05) is 13.2 Å². The second kappa shape index (κ2) is 4.11. The van der Waals surface area contributed by atoms with E-state index in [2.05, 4.69) is 36.1 Å². The summed E-state index contributed by atoms with van der Waals surface area (Å²) in [5.74, 6) is 0. The standard InChI is InChI=1S/C12H17NO/c1-10(11-5-3-2-4-6-11)13-8-7-12(13)9-14/h2-6,10,12,14H,7-9H2,1H3/t10-,12-/m1/s1. The lowest BCUT2D eigenvalue weighted by atomic mass is 9.97. The molecule has 2 rings (SSSR count). The highest BCUT2D eigenvalue weighted by molar-refractivity contribution is 5.19. The smallest absolute Gasteiger partial charge is 0.0587 e. The maximum atomic E-state index is 9.11. The lowest BCUT2D eigenvalue weighted by Gasteiger charge is -2.44. The van der Waals surface area contributed by atoms with Crippen LogP contribution in [0.1, 0.15) is 24.9 Å². The average molecular weight is 191 g/mol. The van der Waals surface area contributed by atoms with Crippen LogP contribution in [0.3, 0.4) is 0 Å². The van der Waals surface area contributed by atoms with E-state index in [1.807, 2.05) is 6.07 Å². The Morgan fingerprint density at radius 3 is 2.64 bits per heavy atom. The van der Waals surface area contributed by atoms with Gasteiger partial charge < -0.3 is 5.11 Å². The van der Waals surface area contributed by atoms with E-state index in [1.165, 1.54) is 5.56 Å². The number of aliphatic hydroxyl groups excluding tert-OH is 1. The summed E-state index contributed by atoms with van der Waals surface area (Å²) in [5.41, 5.74) is 1.34. The Balaban J connectivity index is 2.05. The molecule has 1 N–H and O–H groups in total. The van der Waals surface area contributed by atoms with Crippen molar-refractivity contribution in [3.8, 4) is 0 Å². The number of hydrogen-bond donors (Lipinski definition) is 1. The van der Waals surface area contributed by atoms with Crippen molar-refractivity contribution >= 4 is 0 Å². The van der Waals surface area contributed by atoms with Crippen molar-refractivity contribution in [3.05, 3.63) is 35.9 Å². The van der Waals surface area contributed by atoms with Crippen molar-refractivity contribution in [2.45, 2.75) is 25.4 Å². The minimum absolute atomic E-state index is 0.289. The Labute approximate surface area is 85.2 Å². The Kier molecular flexibility index (Phi) is 2.85. The molecule has 1 fully saturated rings. The van der Waals surface area contributed by atoms with Gasteiger partial charge in [-0.2, -0.15) is 0 Å². The Hall–Kier alpha value is -0.860. The molecule has 76 valence electrons. The van der Waals surface area contributed by atoms with Gasteiger partial charge in [-0.15, -0.1) is 0 Å². The first-order valence-electron chi connectivity index (χ1n) is 5.24. The first-order chi connectivity index (χ1) is 6.83. The van der Waals surface area contributed by atoms with Gasteiger partial charge in [0.25, 0.3) is 0 Å². The summed E-state index contributed by atoms with van der Waals surface area (Å²) in [6.07, 6.45) is 1.13. The molecule has 2 atom stereocenters. The quantitative estimate of drug-likeness (QED) is 0.787. The van der Waals surface area contributed by atoms with Crippen LogP contribution in [0.5, 0.6) is 0 Å². The predicted molar refractivity (Wildman–Crippen MR) is 57.1 cm³/mol. The molecule has 0 amide bonds. The van der Waals surface area contributed by atoms with Crippen LogP contribution >= 0.6 is 0 Å². The molecule has 1 aromatic rings. The van der Waals surface area contributed by atoms with Crippen molar-refractivity contribution in [3.63, 3.8) is 0 Å². The first kappa shape index (κ1) is 9.69. The van der Waals surface area contributed by atoms with E-state index in [-0.39, 0.29) is 6.61 Å². The SMILES string of the molecule is C[C@H](c1ccccc1)N1CC[C@@H]1CO. The zero-order valence-electron chi connectivity index (χ0n) is 8.56. The Morgan fingerprint density at radius 1 is 1.43 bits per heavy atom. The Morgan fingerprint density at radius 2 is 2.14 bits per heavy atom. The van der Waals surface area contributed by atoms with Crippen molar-refractivity contribution in [1.82, 2.24) is 4.90 Å². The molecule has 0 saturated carbocycles. The van der Waals surface area contributed by atoms with Crippen molar-refractivity contribution < 1.29 is 5.11 Å². The second-order valence-corrected chi connectivity index (χ2v) is 3.95. The molecule has 1 saturated heterocycles. The topological polar surface area (TPSA) is 23.5 Å². The fraction of sp³-hybridized carbons (Fsp3) is 0.500. The van der Waals surface area contributed by atoms with Gasteiger partial charge in [0, 0.05) is 18.6 Å². The van der Waals surface area contributed by atoms with E-state index in [0.29, 0.717) is 12.1 Å². The highest BCUT2D eigenvalue weighted by Crippen LogP contribution is 2.29. The van der Waals surface area contributed by atoms with E-state index < -0.39 is 0 Å². The molecule has 0 radical (unpaired) electrons. The van der Waals surface area contributed by atoms with Gasteiger partial charge in [-0.3, -0.25) is 4.90 Å². The van der Waals surface area contributed by atoms with Crippen molar-refractivity contribution in [1.29, 1.82) is 0 Å². The lowest BCUT2D eigenvalue weighted by molar-refractivity contribution is 0.0104. The molecule has 0 unspecified atom stereocenters. The van der Waals surface area contributed by atoms with E-state index in [9.17, 15) is 0 Å². The molecule has 1 aromatic carbocycles. The van der Waals surface area contributed by atoms with Crippen LogP contribution in [-0.4, -0.2) is 29.2 Å². The summed E-state index contributed by atoms with van der Waals surface area (Å²) >= 11 is 0. The summed E-state index contributed by atoms with van der Waals surface area (Å²) in [7, 11) is 0. The largest absolute Gasteiger partial charge is 0.395 e. The third-order valence-electron chi connectivity index (χ3n) is 3.18. The summed E-state index contributed by atoms with van der Waals surface area (Å²) in [4.78, 5) is 2.36. The third-order valence-corrected chi connectivity index (χ3v) is 3.18. The zero-order chi connectivity index (χ0) is 9.97. The highest BCUT2D eigenvalue weighted by atomic mass is 16.3. The second-order valence-electron chi connectivity index (χ2n) is 3.95. The molecular formula is C12H17NO. The van der Waals surface area contributed by atoms with Crippen LogP contribution in [-0.2, 0) is 0 Å². The minimum atomic E-state index is 0.289. The number of nitrogens with zero attached hydrogens (tertiary/aromatic N) is 1. The van der Waals surface area contributed by atoms with Gasteiger partial charge in [-0.05, 0) is 18.9 Å². The molecule has 1 heterocycles. The van der Waals surface area contributed by atoms with Crippen LogP contribution in [0.2, 0.25) is 0 Å². The molecule has 1 aliphatic rings. The normalized spacial score (nSPS) is 24.3. The summed E-state index contributed by atoms with van der Waals surface area (Å²) in [5, 5.41) is 9.11.